The van der Waals surface area contributed by atoms with Gasteiger partial charge in [-0.2, -0.15) is 13.2 Å². The normalized spacial score (nSPS) is 23.7. The Morgan fingerprint density at radius 3 is 2.50 bits per heavy atom. The van der Waals surface area contributed by atoms with Crippen LogP contribution in [-0.4, -0.2) is 72.6 Å². The zero-order chi connectivity index (χ0) is 30.2. The molecule has 1 saturated heterocycles. The Kier molecular flexibility index (Phi) is 8.53. The Morgan fingerprint density at radius 2 is 1.81 bits per heavy atom. The number of nitrogens with zero attached hydrogens (tertiary/aromatic N) is 3. The molecule has 4 atom stereocenters. The predicted molar refractivity (Wildman–Crippen MR) is 157 cm³/mol. The fourth-order valence-corrected chi connectivity index (χ4v) is 8.10. The van der Waals surface area contributed by atoms with E-state index in [1.165, 1.54) is 12.3 Å². The molecule has 0 radical (unpaired) electrons. The van der Waals surface area contributed by atoms with Gasteiger partial charge in [-0.05, 0) is 82.8 Å². The minimum absolute atomic E-state index is 0.0392. The summed E-state index contributed by atoms with van der Waals surface area (Å²) in [6, 6.07) is 13.2. The maximum atomic E-state index is 13.8. The molecule has 1 N–H and O–H groups in total. The van der Waals surface area contributed by atoms with Crippen LogP contribution in [0.2, 0.25) is 0 Å². The van der Waals surface area contributed by atoms with Crippen molar-refractivity contribution >= 4 is 32.3 Å². The van der Waals surface area contributed by atoms with Crippen molar-refractivity contribution < 1.29 is 26.4 Å². The molecule has 1 saturated carbocycles. The van der Waals surface area contributed by atoms with Crippen LogP contribution >= 0.6 is 0 Å². The van der Waals surface area contributed by atoms with E-state index in [0.717, 1.165) is 18.6 Å². The summed E-state index contributed by atoms with van der Waals surface area (Å²) in [5, 5.41) is 3.75. The van der Waals surface area contributed by atoms with Crippen LogP contribution in [0, 0.1) is 5.92 Å². The van der Waals surface area contributed by atoms with Crippen LogP contribution in [0.3, 0.4) is 0 Å². The number of halogens is 3. The highest BCUT2D eigenvalue weighted by Crippen LogP contribution is 2.37. The summed E-state index contributed by atoms with van der Waals surface area (Å²) < 4.78 is 66.6. The minimum atomic E-state index is -4.48. The second-order valence-electron chi connectivity index (χ2n) is 11.8. The lowest BCUT2D eigenvalue weighted by Gasteiger charge is -2.44. The summed E-state index contributed by atoms with van der Waals surface area (Å²) in [6.07, 6.45) is -0.308. The molecule has 1 amide bonds. The van der Waals surface area contributed by atoms with Crippen LogP contribution in [0.25, 0.3) is 10.9 Å². The number of fused-ring (bicyclic) bond motifs is 1. The van der Waals surface area contributed by atoms with Gasteiger partial charge in [0.15, 0.2) is 9.84 Å². The Labute approximate surface area is 245 Å². The van der Waals surface area contributed by atoms with E-state index in [4.69, 9.17) is 0 Å². The number of hydrogen-bond acceptors (Lipinski definition) is 6. The first-order valence-electron chi connectivity index (χ1n) is 14.4. The van der Waals surface area contributed by atoms with Gasteiger partial charge in [0, 0.05) is 41.9 Å². The molecule has 0 bridgehead atoms. The summed E-state index contributed by atoms with van der Waals surface area (Å²) in [5.41, 5.74) is -0.0479. The molecule has 42 heavy (non-hydrogen) atoms. The van der Waals surface area contributed by atoms with E-state index < -0.39 is 27.6 Å². The minimum Gasteiger partial charge on any atom is -0.373 e. The topological polar surface area (TPSA) is 82.6 Å². The first-order chi connectivity index (χ1) is 19.8. The lowest BCUT2D eigenvalue weighted by atomic mass is 9.81. The van der Waals surface area contributed by atoms with E-state index in [-0.39, 0.29) is 40.1 Å². The number of carbonyl (C=O) groups excluding carboxylic acids is 1. The first kappa shape index (κ1) is 30.3. The zero-order valence-electron chi connectivity index (χ0n) is 24.0. The number of amides is 1. The number of pyridine rings is 1. The molecule has 5 rings (SSSR count). The van der Waals surface area contributed by atoms with Gasteiger partial charge < -0.3 is 15.1 Å². The van der Waals surface area contributed by atoms with Crippen LogP contribution in [-0.2, 0) is 20.8 Å². The van der Waals surface area contributed by atoms with E-state index in [1.54, 1.807) is 36.4 Å². The SMILES string of the molecule is CC(C)N(C)[C@@H]1CC[C@H](N2CCC(Nc3ccnc4cc(C(F)(F)F)ccc34)C2=O)[C@H](CS(=O)(=O)c2ccccc2)C1. The molecule has 1 aromatic heterocycles. The second-order valence-corrected chi connectivity index (χ2v) is 13.8. The van der Waals surface area contributed by atoms with E-state index >= 15 is 0 Å². The third-order valence-corrected chi connectivity index (χ3v) is 10.7. The van der Waals surface area contributed by atoms with Gasteiger partial charge in [-0.15, -0.1) is 0 Å². The average Bonchev–Trinajstić information content (AvgIpc) is 3.31. The summed E-state index contributed by atoms with van der Waals surface area (Å²) in [6.45, 7) is 4.72. The molecule has 3 aromatic rings. The Hall–Kier alpha value is -3.18. The number of benzene rings is 2. The maximum absolute atomic E-state index is 13.8. The Bertz CT molecular complexity index is 1530. The van der Waals surface area contributed by atoms with Crippen molar-refractivity contribution in [3.05, 3.63) is 66.4 Å². The van der Waals surface area contributed by atoms with Crippen LogP contribution in [0.5, 0.6) is 0 Å². The number of hydrogen-bond donors (Lipinski definition) is 1. The number of anilines is 1. The highest BCUT2D eigenvalue weighted by molar-refractivity contribution is 7.91. The average molecular weight is 603 g/mol. The van der Waals surface area contributed by atoms with Gasteiger partial charge in [-0.3, -0.25) is 9.78 Å². The van der Waals surface area contributed by atoms with Gasteiger partial charge >= 0.3 is 6.18 Å². The molecule has 2 fully saturated rings. The lowest BCUT2D eigenvalue weighted by Crippen LogP contribution is -2.52. The van der Waals surface area contributed by atoms with Crippen molar-refractivity contribution in [3.63, 3.8) is 0 Å². The van der Waals surface area contributed by atoms with Crippen molar-refractivity contribution in [1.29, 1.82) is 0 Å². The fraction of sp³-hybridized carbons (Fsp3) is 0.484. The van der Waals surface area contributed by atoms with Gasteiger partial charge in [0.25, 0.3) is 0 Å². The molecule has 1 unspecified atom stereocenters. The van der Waals surface area contributed by atoms with Gasteiger partial charge in [0.1, 0.15) is 6.04 Å². The molecule has 1 aliphatic carbocycles. The molecular formula is C31H37F3N4O3S. The van der Waals surface area contributed by atoms with E-state index in [9.17, 15) is 26.4 Å². The van der Waals surface area contributed by atoms with Crippen LogP contribution in [0.1, 0.15) is 45.1 Å². The van der Waals surface area contributed by atoms with Crippen molar-refractivity contribution in [3.8, 4) is 0 Å². The van der Waals surface area contributed by atoms with Gasteiger partial charge in [-0.1, -0.05) is 24.3 Å². The number of sulfone groups is 1. The molecule has 0 spiro atoms. The monoisotopic (exact) mass is 602 g/mol. The Balaban J connectivity index is 1.37. The quantitative estimate of drug-likeness (QED) is 0.361. The number of aromatic nitrogens is 1. The van der Waals surface area contributed by atoms with Crippen molar-refractivity contribution in [2.24, 2.45) is 5.92 Å². The van der Waals surface area contributed by atoms with Crippen molar-refractivity contribution in [1.82, 2.24) is 14.8 Å². The molecule has 11 heteroatoms. The van der Waals surface area contributed by atoms with E-state index in [0.29, 0.717) is 42.9 Å². The maximum Gasteiger partial charge on any atom is 0.416 e. The molecule has 2 aliphatic rings. The third kappa shape index (κ3) is 6.27. The van der Waals surface area contributed by atoms with Crippen LogP contribution in [0.15, 0.2) is 65.7 Å². The fourth-order valence-electron chi connectivity index (χ4n) is 6.41. The highest BCUT2D eigenvalue weighted by Gasteiger charge is 2.44. The molecule has 2 aromatic carbocycles. The summed E-state index contributed by atoms with van der Waals surface area (Å²) in [4.78, 5) is 22.3. The molecule has 2 heterocycles. The Morgan fingerprint density at radius 1 is 1.07 bits per heavy atom. The van der Waals surface area contributed by atoms with E-state index in [2.05, 4.69) is 36.1 Å². The summed E-state index contributed by atoms with van der Waals surface area (Å²) in [5.74, 6) is -0.391. The summed E-state index contributed by atoms with van der Waals surface area (Å²) >= 11 is 0. The first-order valence-corrected chi connectivity index (χ1v) is 16.0. The zero-order valence-corrected chi connectivity index (χ0v) is 24.8. The predicted octanol–water partition coefficient (Wildman–Crippen LogP) is 5.62. The number of rotatable bonds is 8. The number of nitrogens with one attached hydrogen (secondary N) is 1. The number of alkyl halides is 3. The number of likely N-dealkylation sites (tertiary alicyclic amines) is 1. The molecular weight excluding hydrogens is 565 g/mol. The standard InChI is InChI=1S/C31H37F3N4O3S/c1-20(2)37(3)23-10-12-29(21(17-23)19-42(40,41)24-7-5-4-6-8-24)38-16-14-27(30(38)39)36-26-13-15-35-28-18-22(31(32,33)34)9-11-25(26)28/h4-9,11,13,15,18,20-21,23,27,29H,10,12,14,16-17,19H2,1-3H3,(H,35,36)/t21-,23+,27?,29-/m0/s1. The smallest absolute Gasteiger partial charge is 0.373 e. The highest BCUT2D eigenvalue weighted by atomic mass is 32.2. The van der Waals surface area contributed by atoms with Crippen molar-refractivity contribution in [2.45, 2.75) is 74.8 Å². The van der Waals surface area contributed by atoms with E-state index in [1.807, 2.05) is 4.90 Å². The number of carbonyl (C=O) groups is 1. The van der Waals surface area contributed by atoms with Gasteiger partial charge in [0.2, 0.25) is 5.91 Å². The molecule has 226 valence electrons. The van der Waals surface area contributed by atoms with Gasteiger partial charge in [0.05, 0.1) is 21.7 Å². The largest absolute Gasteiger partial charge is 0.416 e. The summed E-state index contributed by atoms with van der Waals surface area (Å²) in [7, 11) is -1.50. The van der Waals surface area contributed by atoms with Gasteiger partial charge in [-0.25, -0.2) is 8.42 Å². The van der Waals surface area contributed by atoms with Crippen LogP contribution in [0.4, 0.5) is 18.9 Å². The molecule has 1 aliphatic heterocycles. The third-order valence-electron chi connectivity index (χ3n) is 8.88. The lowest BCUT2D eigenvalue weighted by molar-refractivity contribution is -0.137. The second kappa shape index (κ2) is 11.8. The molecule has 7 nitrogen and oxygen atoms in total. The van der Waals surface area contributed by atoms with Crippen molar-refractivity contribution in [2.75, 3.05) is 24.7 Å². The van der Waals surface area contributed by atoms with Crippen LogP contribution < -0.4 is 5.32 Å².